The molecule has 1 amide bonds. The molecule has 8 heteroatoms. The second-order valence-electron chi connectivity index (χ2n) is 4.52. The molecular weight excluding hydrogens is 308 g/mol. The first kappa shape index (κ1) is 15.7. The molecule has 2 rings (SSSR count). The van der Waals surface area contributed by atoms with Crippen molar-refractivity contribution in [1.29, 1.82) is 0 Å². The fourth-order valence-electron chi connectivity index (χ4n) is 1.73. The number of carbonyl (C=O) groups is 1. The molecule has 0 aliphatic carbocycles. The number of nitro groups is 1. The van der Waals surface area contributed by atoms with Gasteiger partial charge in [-0.3, -0.25) is 14.9 Å². The summed E-state index contributed by atoms with van der Waals surface area (Å²) < 4.78 is 0. The molecule has 0 aliphatic rings. The molecule has 0 fully saturated rings. The van der Waals surface area contributed by atoms with Crippen molar-refractivity contribution >= 4 is 34.7 Å². The van der Waals surface area contributed by atoms with Gasteiger partial charge in [0.1, 0.15) is 5.82 Å². The molecule has 0 radical (unpaired) electrons. The Morgan fingerprint density at radius 1 is 1.36 bits per heavy atom. The summed E-state index contributed by atoms with van der Waals surface area (Å²) in [6.45, 7) is 1.76. The van der Waals surface area contributed by atoms with E-state index in [2.05, 4.69) is 15.6 Å². The lowest BCUT2D eigenvalue weighted by atomic mass is 10.2. The van der Waals surface area contributed by atoms with Crippen LogP contribution in [0, 0.1) is 17.0 Å². The predicted molar refractivity (Wildman–Crippen MR) is 84.2 cm³/mol. The van der Waals surface area contributed by atoms with Crippen molar-refractivity contribution in [1.82, 2.24) is 4.98 Å². The molecule has 0 unspecified atom stereocenters. The van der Waals surface area contributed by atoms with E-state index in [-0.39, 0.29) is 18.1 Å². The lowest BCUT2D eigenvalue weighted by molar-refractivity contribution is -0.384. The van der Waals surface area contributed by atoms with Gasteiger partial charge >= 0.3 is 0 Å². The van der Waals surface area contributed by atoms with E-state index in [9.17, 15) is 14.9 Å². The van der Waals surface area contributed by atoms with Crippen LogP contribution in [-0.4, -0.2) is 22.4 Å². The molecule has 2 aromatic rings. The van der Waals surface area contributed by atoms with Gasteiger partial charge in [0.05, 0.1) is 16.5 Å². The van der Waals surface area contributed by atoms with E-state index < -0.39 is 4.92 Å². The van der Waals surface area contributed by atoms with E-state index in [1.54, 1.807) is 25.1 Å². The Kier molecular flexibility index (Phi) is 4.90. The molecule has 1 heterocycles. The van der Waals surface area contributed by atoms with Crippen molar-refractivity contribution < 1.29 is 9.72 Å². The maximum Gasteiger partial charge on any atom is 0.271 e. The molecule has 1 aromatic carbocycles. The second kappa shape index (κ2) is 6.86. The van der Waals surface area contributed by atoms with Crippen LogP contribution in [0.3, 0.4) is 0 Å². The Bertz CT molecular complexity index is 704. The summed E-state index contributed by atoms with van der Waals surface area (Å²) in [5.74, 6) is 0.0627. The number of nitrogens with zero attached hydrogens (tertiary/aromatic N) is 2. The summed E-state index contributed by atoms with van der Waals surface area (Å²) in [5, 5.41) is 16.7. The molecular formula is C14H13ClN4O3. The molecule has 0 spiro atoms. The monoisotopic (exact) mass is 320 g/mol. The van der Waals surface area contributed by atoms with E-state index in [1.807, 2.05) is 0 Å². The highest BCUT2D eigenvalue weighted by Crippen LogP contribution is 2.21. The number of hydrogen-bond acceptors (Lipinski definition) is 5. The summed E-state index contributed by atoms with van der Waals surface area (Å²) >= 11 is 5.70. The number of non-ortho nitro benzene ring substituents is 1. The molecule has 0 atom stereocenters. The third-order valence-corrected chi connectivity index (χ3v) is 3.09. The quantitative estimate of drug-likeness (QED) is 0.652. The van der Waals surface area contributed by atoms with Crippen LogP contribution in [0.2, 0.25) is 5.02 Å². The zero-order valence-corrected chi connectivity index (χ0v) is 12.4. The van der Waals surface area contributed by atoms with Gasteiger partial charge in [-0.15, -0.1) is 0 Å². The Morgan fingerprint density at radius 3 is 2.77 bits per heavy atom. The smallest absolute Gasteiger partial charge is 0.271 e. The van der Waals surface area contributed by atoms with Gasteiger partial charge in [-0.25, -0.2) is 4.98 Å². The van der Waals surface area contributed by atoms with E-state index >= 15 is 0 Å². The zero-order valence-electron chi connectivity index (χ0n) is 11.7. The highest BCUT2D eigenvalue weighted by molar-refractivity contribution is 6.30. The van der Waals surface area contributed by atoms with Crippen molar-refractivity contribution in [2.45, 2.75) is 6.92 Å². The van der Waals surface area contributed by atoms with Crippen LogP contribution in [0.25, 0.3) is 0 Å². The zero-order chi connectivity index (χ0) is 16.1. The molecule has 0 saturated heterocycles. The van der Waals surface area contributed by atoms with Crippen molar-refractivity contribution in [3.05, 3.63) is 57.2 Å². The van der Waals surface area contributed by atoms with Crippen molar-refractivity contribution in [2.75, 3.05) is 17.2 Å². The normalized spacial score (nSPS) is 10.1. The Balaban J connectivity index is 1.97. The average molecular weight is 321 g/mol. The van der Waals surface area contributed by atoms with Crippen LogP contribution in [0.15, 0.2) is 36.5 Å². The number of hydrogen-bond donors (Lipinski definition) is 2. The van der Waals surface area contributed by atoms with Gasteiger partial charge in [-0.05, 0) is 24.6 Å². The molecule has 22 heavy (non-hydrogen) atoms. The fraction of sp³-hybridized carbons (Fsp3) is 0.143. The van der Waals surface area contributed by atoms with Crippen LogP contribution in [0.5, 0.6) is 0 Å². The first-order valence-corrected chi connectivity index (χ1v) is 6.74. The number of halogens is 1. The molecule has 0 aliphatic heterocycles. The van der Waals surface area contributed by atoms with E-state index in [0.29, 0.717) is 16.5 Å². The van der Waals surface area contributed by atoms with Crippen LogP contribution in [-0.2, 0) is 4.79 Å². The minimum Gasteiger partial charge on any atom is -0.376 e. The van der Waals surface area contributed by atoms with Crippen LogP contribution in [0.1, 0.15) is 5.56 Å². The Morgan fingerprint density at radius 2 is 2.14 bits per heavy atom. The van der Waals surface area contributed by atoms with Gasteiger partial charge in [-0.2, -0.15) is 0 Å². The number of rotatable bonds is 5. The minimum atomic E-state index is -0.484. The van der Waals surface area contributed by atoms with Crippen molar-refractivity contribution in [2.24, 2.45) is 0 Å². The Labute approximate surface area is 131 Å². The van der Waals surface area contributed by atoms with Gasteiger partial charge in [0.15, 0.2) is 0 Å². The topological polar surface area (TPSA) is 97.2 Å². The number of nitro benzene ring substituents is 1. The van der Waals surface area contributed by atoms with Gasteiger partial charge in [0.25, 0.3) is 5.69 Å². The molecule has 2 N–H and O–H groups in total. The number of amides is 1. The van der Waals surface area contributed by atoms with E-state index in [4.69, 9.17) is 11.6 Å². The number of pyridine rings is 1. The van der Waals surface area contributed by atoms with Crippen LogP contribution < -0.4 is 10.6 Å². The van der Waals surface area contributed by atoms with Gasteiger partial charge in [-0.1, -0.05) is 17.7 Å². The first-order chi connectivity index (χ1) is 10.5. The van der Waals surface area contributed by atoms with E-state index in [0.717, 1.165) is 5.56 Å². The molecule has 7 nitrogen and oxygen atoms in total. The summed E-state index contributed by atoms with van der Waals surface area (Å²) in [6, 6.07) is 7.63. The molecule has 1 aromatic heterocycles. The summed E-state index contributed by atoms with van der Waals surface area (Å²) in [4.78, 5) is 26.0. The lowest BCUT2D eigenvalue weighted by Gasteiger charge is -2.09. The van der Waals surface area contributed by atoms with Gasteiger partial charge < -0.3 is 10.6 Å². The minimum absolute atomic E-state index is 0.0344. The lowest BCUT2D eigenvalue weighted by Crippen LogP contribution is -2.22. The van der Waals surface area contributed by atoms with Crippen LogP contribution in [0.4, 0.5) is 17.2 Å². The number of aromatic nitrogens is 1. The van der Waals surface area contributed by atoms with Gasteiger partial charge in [0.2, 0.25) is 5.91 Å². The maximum absolute atomic E-state index is 11.8. The highest BCUT2D eigenvalue weighted by Gasteiger charge is 2.10. The average Bonchev–Trinajstić information content (AvgIpc) is 2.48. The summed E-state index contributed by atoms with van der Waals surface area (Å²) in [6.07, 6.45) is 1.43. The number of anilines is 2. The van der Waals surface area contributed by atoms with E-state index in [1.165, 1.54) is 18.3 Å². The largest absolute Gasteiger partial charge is 0.376 e. The second-order valence-corrected chi connectivity index (χ2v) is 4.96. The number of aryl methyl sites for hydroxylation is 1. The summed E-state index contributed by atoms with van der Waals surface area (Å²) in [7, 11) is 0. The summed E-state index contributed by atoms with van der Waals surface area (Å²) in [5.41, 5.74) is 1.31. The third-order valence-electron chi connectivity index (χ3n) is 2.87. The van der Waals surface area contributed by atoms with Gasteiger partial charge in [0, 0.05) is 24.0 Å². The predicted octanol–water partition coefficient (Wildman–Crippen LogP) is 3.00. The number of carbonyl (C=O) groups excluding carboxylic acids is 1. The molecule has 114 valence electrons. The van der Waals surface area contributed by atoms with Crippen molar-refractivity contribution in [3.8, 4) is 0 Å². The standard InChI is InChI=1S/C14H13ClN4O3/c1-9-2-4-11(19(21)22)6-12(9)16-8-14(20)18-13-5-3-10(15)7-17-13/h2-7,16H,8H2,1H3,(H,17,18,20). The highest BCUT2D eigenvalue weighted by atomic mass is 35.5. The SMILES string of the molecule is Cc1ccc([N+](=O)[O-])cc1NCC(=O)Nc1ccc(Cl)cn1. The maximum atomic E-state index is 11.8. The molecule has 0 saturated carbocycles. The molecule has 0 bridgehead atoms. The van der Waals surface area contributed by atoms with Crippen LogP contribution >= 0.6 is 11.6 Å². The fourth-order valence-corrected chi connectivity index (χ4v) is 1.84. The number of benzene rings is 1. The Hall–Kier alpha value is -2.67. The first-order valence-electron chi connectivity index (χ1n) is 6.36. The van der Waals surface area contributed by atoms with Crippen molar-refractivity contribution in [3.63, 3.8) is 0 Å². The third kappa shape index (κ3) is 4.16. The number of nitrogens with one attached hydrogen (secondary N) is 2.